The molecule has 1 atom stereocenters. The molecule has 1 saturated heterocycles. The van der Waals surface area contributed by atoms with Crippen LogP contribution in [-0.4, -0.2) is 27.7 Å². The van der Waals surface area contributed by atoms with Crippen LogP contribution < -0.4 is 10.5 Å². The van der Waals surface area contributed by atoms with Gasteiger partial charge in [0.1, 0.15) is 4.90 Å². The Morgan fingerprint density at radius 2 is 2.00 bits per heavy atom. The molecular weight excluding hydrogens is 276 g/mol. The van der Waals surface area contributed by atoms with Gasteiger partial charge in [-0.15, -0.1) is 0 Å². The molecule has 20 heavy (non-hydrogen) atoms. The van der Waals surface area contributed by atoms with E-state index in [9.17, 15) is 8.42 Å². The van der Waals surface area contributed by atoms with Gasteiger partial charge >= 0.3 is 0 Å². The second-order valence-electron chi connectivity index (χ2n) is 5.35. The standard InChI is InChI=1S/C14H22N2O3S/c1-10-4-3-5-13(15)14(10)20(17,18)16-11(2)12-6-8-19-9-7-12/h3-5,11-12,16H,6-9,15H2,1-2H3. The summed E-state index contributed by atoms with van der Waals surface area (Å²) in [4.78, 5) is 0.193. The summed E-state index contributed by atoms with van der Waals surface area (Å²) in [6, 6.07) is 5.00. The van der Waals surface area contributed by atoms with E-state index in [1.54, 1.807) is 25.1 Å². The van der Waals surface area contributed by atoms with Crippen LogP contribution in [0.4, 0.5) is 5.69 Å². The minimum atomic E-state index is -3.59. The van der Waals surface area contributed by atoms with E-state index in [0.29, 0.717) is 24.7 Å². The molecule has 1 unspecified atom stereocenters. The van der Waals surface area contributed by atoms with Crippen LogP contribution in [0.1, 0.15) is 25.3 Å². The molecule has 0 aromatic heterocycles. The second kappa shape index (κ2) is 6.11. The minimum Gasteiger partial charge on any atom is -0.398 e. The molecule has 112 valence electrons. The van der Waals surface area contributed by atoms with Crippen molar-refractivity contribution in [3.8, 4) is 0 Å². The lowest BCUT2D eigenvalue weighted by atomic mass is 9.94. The summed E-state index contributed by atoms with van der Waals surface area (Å²) >= 11 is 0. The van der Waals surface area contributed by atoms with Crippen molar-refractivity contribution in [2.45, 2.75) is 37.6 Å². The number of hydrogen-bond donors (Lipinski definition) is 2. The summed E-state index contributed by atoms with van der Waals surface area (Å²) in [6.45, 7) is 5.05. The van der Waals surface area contributed by atoms with Gasteiger partial charge < -0.3 is 10.5 Å². The van der Waals surface area contributed by atoms with Gasteiger partial charge in [0.15, 0.2) is 0 Å². The van der Waals surface area contributed by atoms with Gasteiger partial charge in [0.05, 0.1) is 5.69 Å². The van der Waals surface area contributed by atoms with E-state index in [0.717, 1.165) is 12.8 Å². The summed E-state index contributed by atoms with van der Waals surface area (Å²) in [6.07, 6.45) is 1.76. The molecule has 2 rings (SSSR count). The Morgan fingerprint density at radius 3 is 2.60 bits per heavy atom. The number of aryl methyl sites for hydroxylation is 1. The molecule has 0 spiro atoms. The number of hydrogen-bond acceptors (Lipinski definition) is 4. The third kappa shape index (κ3) is 3.31. The normalized spacial score (nSPS) is 18.9. The molecule has 1 aromatic carbocycles. The number of nitrogen functional groups attached to an aromatic ring is 1. The van der Waals surface area contributed by atoms with Gasteiger partial charge in [0.2, 0.25) is 10.0 Å². The zero-order chi connectivity index (χ0) is 14.8. The maximum atomic E-state index is 12.5. The van der Waals surface area contributed by atoms with E-state index < -0.39 is 10.0 Å². The first-order valence-electron chi connectivity index (χ1n) is 6.87. The minimum absolute atomic E-state index is 0.122. The quantitative estimate of drug-likeness (QED) is 0.829. The molecule has 5 nitrogen and oxygen atoms in total. The highest BCUT2D eigenvalue weighted by Crippen LogP contribution is 2.25. The number of ether oxygens (including phenoxy) is 1. The summed E-state index contributed by atoms with van der Waals surface area (Å²) in [7, 11) is -3.59. The Labute approximate surface area is 120 Å². The maximum absolute atomic E-state index is 12.5. The molecule has 1 heterocycles. The van der Waals surface area contributed by atoms with Crippen molar-refractivity contribution < 1.29 is 13.2 Å². The summed E-state index contributed by atoms with van der Waals surface area (Å²) in [5.74, 6) is 0.309. The van der Waals surface area contributed by atoms with Crippen molar-refractivity contribution in [3.63, 3.8) is 0 Å². The van der Waals surface area contributed by atoms with Crippen LogP contribution in [0.3, 0.4) is 0 Å². The number of nitrogens with one attached hydrogen (secondary N) is 1. The first-order chi connectivity index (χ1) is 9.42. The Balaban J connectivity index is 2.18. The van der Waals surface area contributed by atoms with Gasteiger partial charge in [-0.05, 0) is 44.2 Å². The Bertz CT molecular complexity index is 546. The highest BCUT2D eigenvalue weighted by atomic mass is 32.2. The van der Waals surface area contributed by atoms with Gasteiger partial charge in [-0.25, -0.2) is 13.1 Å². The maximum Gasteiger partial charge on any atom is 0.243 e. The fourth-order valence-electron chi connectivity index (χ4n) is 2.66. The fraction of sp³-hybridized carbons (Fsp3) is 0.571. The zero-order valence-corrected chi connectivity index (χ0v) is 12.7. The molecule has 0 saturated carbocycles. The molecule has 0 aliphatic carbocycles. The topological polar surface area (TPSA) is 81.4 Å². The van der Waals surface area contributed by atoms with Crippen molar-refractivity contribution in [2.75, 3.05) is 18.9 Å². The van der Waals surface area contributed by atoms with Gasteiger partial charge in [0, 0.05) is 19.3 Å². The smallest absolute Gasteiger partial charge is 0.243 e. The highest BCUT2D eigenvalue weighted by molar-refractivity contribution is 7.89. The Kier molecular flexibility index (Phi) is 4.67. The molecule has 0 bridgehead atoms. The Morgan fingerprint density at radius 1 is 1.35 bits per heavy atom. The van der Waals surface area contributed by atoms with Crippen molar-refractivity contribution in [2.24, 2.45) is 5.92 Å². The van der Waals surface area contributed by atoms with Crippen molar-refractivity contribution >= 4 is 15.7 Å². The van der Waals surface area contributed by atoms with Crippen LogP contribution in [0.15, 0.2) is 23.1 Å². The third-order valence-electron chi connectivity index (χ3n) is 3.83. The average Bonchev–Trinajstić information content (AvgIpc) is 2.38. The predicted octanol–water partition coefficient (Wildman–Crippen LogP) is 1.67. The van der Waals surface area contributed by atoms with Gasteiger partial charge in [-0.3, -0.25) is 0 Å². The monoisotopic (exact) mass is 298 g/mol. The lowest BCUT2D eigenvalue weighted by molar-refractivity contribution is 0.0585. The van der Waals surface area contributed by atoms with Crippen molar-refractivity contribution in [1.82, 2.24) is 4.72 Å². The largest absolute Gasteiger partial charge is 0.398 e. The Hall–Kier alpha value is -1.11. The van der Waals surface area contributed by atoms with E-state index in [1.165, 1.54) is 0 Å². The van der Waals surface area contributed by atoms with Gasteiger partial charge in [0.25, 0.3) is 0 Å². The van der Waals surface area contributed by atoms with Gasteiger partial charge in [-0.1, -0.05) is 12.1 Å². The average molecular weight is 298 g/mol. The summed E-state index contributed by atoms with van der Waals surface area (Å²) < 4.78 is 33.1. The molecule has 1 fully saturated rings. The van der Waals surface area contributed by atoms with E-state index in [2.05, 4.69) is 4.72 Å². The molecule has 1 aromatic rings. The van der Waals surface area contributed by atoms with E-state index >= 15 is 0 Å². The molecule has 3 N–H and O–H groups in total. The van der Waals surface area contributed by atoms with Crippen LogP contribution >= 0.6 is 0 Å². The fourth-order valence-corrected chi connectivity index (χ4v) is 4.33. The number of sulfonamides is 1. The van der Waals surface area contributed by atoms with E-state index in [4.69, 9.17) is 10.5 Å². The van der Waals surface area contributed by atoms with E-state index in [-0.39, 0.29) is 16.6 Å². The van der Waals surface area contributed by atoms with E-state index in [1.807, 2.05) is 6.92 Å². The number of nitrogens with two attached hydrogens (primary N) is 1. The van der Waals surface area contributed by atoms with Crippen LogP contribution in [0.5, 0.6) is 0 Å². The number of anilines is 1. The lowest BCUT2D eigenvalue weighted by Crippen LogP contribution is -2.40. The molecular formula is C14H22N2O3S. The van der Waals surface area contributed by atoms with Crippen molar-refractivity contribution in [3.05, 3.63) is 23.8 Å². The molecule has 1 aliphatic rings. The zero-order valence-electron chi connectivity index (χ0n) is 11.9. The number of rotatable bonds is 4. The van der Waals surface area contributed by atoms with Gasteiger partial charge in [-0.2, -0.15) is 0 Å². The summed E-state index contributed by atoms with van der Waals surface area (Å²) in [5.41, 5.74) is 6.77. The second-order valence-corrected chi connectivity index (χ2v) is 7.00. The van der Waals surface area contributed by atoms with Crippen LogP contribution in [0.2, 0.25) is 0 Å². The first kappa shape index (κ1) is 15.3. The highest BCUT2D eigenvalue weighted by Gasteiger charge is 2.27. The van der Waals surface area contributed by atoms with Crippen LogP contribution in [0.25, 0.3) is 0 Å². The number of benzene rings is 1. The van der Waals surface area contributed by atoms with Crippen LogP contribution in [-0.2, 0) is 14.8 Å². The third-order valence-corrected chi connectivity index (χ3v) is 5.60. The van der Waals surface area contributed by atoms with Crippen molar-refractivity contribution in [1.29, 1.82) is 0 Å². The molecule has 6 heteroatoms. The first-order valence-corrected chi connectivity index (χ1v) is 8.35. The predicted molar refractivity (Wildman–Crippen MR) is 78.9 cm³/mol. The summed E-state index contributed by atoms with van der Waals surface area (Å²) in [5, 5.41) is 0. The SMILES string of the molecule is Cc1cccc(N)c1S(=O)(=O)NC(C)C1CCOCC1. The molecule has 0 amide bonds. The molecule has 0 radical (unpaired) electrons. The lowest BCUT2D eigenvalue weighted by Gasteiger charge is -2.28. The van der Waals surface area contributed by atoms with Crippen LogP contribution in [0, 0.1) is 12.8 Å². The molecule has 1 aliphatic heterocycles.